The van der Waals surface area contributed by atoms with E-state index in [0.717, 1.165) is 5.57 Å². The van der Waals surface area contributed by atoms with Gasteiger partial charge < -0.3 is 10.2 Å². The number of hydrogen-bond donors (Lipinski definition) is 2. The van der Waals surface area contributed by atoms with E-state index in [-0.39, 0.29) is 41.1 Å². The van der Waals surface area contributed by atoms with Crippen LogP contribution in [-0.4, -0.2) is 27.8 Å². The van der Waals surface area contributed by atoms with Gasteiger partial charge in [-0.2, -0.15) is 13.2 Å². The van der Waals surface area contributed by atoms with Gasteiger partial charge in [-0.05, 0) is 73.7 Å². The van der Waals surface area contributed by atoms with Crippen LogP contribution in [0.1, 0.15) is 65.2 Å². The van der Waals surface area contributed by atoms with Crippen LogP contribution in [0.3, 0.4) is 0 Å². The van der Waals surface area contributed by atoms with E-state index >= 15 is 0 Å². The summed E-state index contributed by atoms with van der Waals surface area (Å²) in [7, 11) is 0. The minimum Gasteiger partial charge on any atom is -0.504 e. The predicted octanol–water partition coefficient (Wildman–Crippen LogP) is 4.70. The molecule has 146 valence electrons. The van der Waals surface area contributed by atoms with Gasteiger partial charge in [-0.25, -0.2) is 0 Å². The molecule has 0 spiro atoms. The Bertz CT molecular complexity index is 684. The second kappa shape index (κ2) is 5.27. The highest BCUT2D eigenvalue weighted by molar-refractivity contribution is 5.95. The Balaban J connectivity index is 1.72. The first-order valence-electron chi connectivity index (χ1n) is 9.70. The number of alkyl halides is 3. The summed E-state index contributed by atoms with van der Waals surface area (Å²) in [5, 5.41) is 20.9. The van der Waals surface area contributed by atoms with Crippen LogP contribution >= 0.6 is 0 Å². The Morgan fingerprint density at radius 2 is 1.65 bits per heavy atom. The van der Waals surface area contributed by atoms with Gasteiger partial charge in [0.05, 0.1) is 0 Å². The summed E-state index contributed by atoms with van der Waals surface area (Å²) in [6, 6.07) is 0. The van der Waals surface area contributed by atoms with Crippen molar-refractivity contribution >= 4 is 5.78 Å². The second-order valence-corrected chi connectivity index (χ2v) is 9.44. The average molecular weight is 372 g/mol. The molecular formula is C20H27F3O3. The number of Topliss-reactive ketones (excluding diaryl/α,β-unsaturated/α-hetero) is 1. The number of carbonyl (C=O) groups is 1. The van der Waals surface area contributed by atoms with Gasteiger partial charge in [0, 0.05) is 11.8 Å². The molecule has 0 radical (unpaired) electrons. The Labute approximate surface area is 151 Å². The molecule has 4 aliphatic rings. The normalized spacial score (nSPS) is 48.8. The monoisotopic (exact) mass is 372 g/mol. The molecule has 4 aliphatic carbocycles. The first-order chi connectivity index (χ1) is 12.0. The van der Waals surface area contributed by atoms with Gasteiger partial charge in [0.1, 0.15) is 0 Å². The summed E-state index contributed by atoms with van der Waals surface area (Å²) >= 11 is 0. The Morgan fingerprint density at radius 3 is 2.31 bits per heavy atom. The van der Waals surface area contributed by atoms with E-state index in [0.29, 0.717) is 44.9 Å². The van der Waals surface area contributed by atoms with E-state index in [2.05, 4.69) is 6.92 Å². The van der Waals surface area contributed by atoms with Crippen LogP contribution in [0.15, 0.2) is 11.3 Å². The zero-order valence-electron chi connectivity index (χ0n) is 15.3. The van der Waals surface area contributed by atoms with Crippen LogP contribution < -0.4 is 0 Å². The maximum Gasteiger partial charge on any atom is 0.417 e. The quantitative estimate of drug-likeness (QED) is 0.648. The van der Waals surface area contributed by atoms with Crippen LogP contribution in [0.5, 0.6) is 0 Å². The molecule has 3 fully saturated rings. The second-order valence-electron chi connectivity index (χ2n) is 9.44. The highest BCUT2D eigenvalue weighted by Gasteiger charge is 2.72. The molecule has 6 atom stereocenters. The molecule has 0 heterocycles. The van der Waals surface area contributed by atoms with Crippen molar-refractivity contribution in [2.75, 3.05) is 0 Å². The number of aliphatic hydroxyl groups excluding tert-OH is 1. The highest BCUT2D eigenvalue weighted by atomic mass is 19.4. The molecule has 0 saturated heterocycles. The smallest absolute Gasteiger partial charge is 0.417 e. The number of aliphatic hydroxyl groups is 2. The summed E-state index contributed by atoms with van der Waals surface area (Å²) in [5.74, 6) is -0.173. The molecule has 0 bridgehead atoms. The maximum absolute atomic E-state index is 13.7. The number of hydrogen-bond acceptors (Lipinski definition) is 3. The molecule has 0 amide bonds. The van der Waals surface area contributed by atoms with Crippen LogP contribution in [0.2, 0.25) is 0 Å². The van der Waals surface area contributed by atoms with Crippen molar-refractivity contribution in [3.8, 4) is 0 Å². The molecule has 0 aliphatic heterocycles. The molecule has 0 aromatic carbocycles. The van der Waals surface area contributed by atoms with E-state index in [9.17, 15) is 28.2 Å². The molecule has 4 rings (SSSR count). The summed E-state index contributed by atoms with van der Waals surface area (Å²) in [5.41, 5.74) is -3.22. The number of carbonyl (C=O) groups excluding carboxylic acids is 1. The molecule has 6 heteroatoms. The third-order valence-electron chi connectivity index (χ3n) is 8.71. The summed E-state index contributed by atoms with van der Waals surface area (Å²) in [6.07, 6.45) is -1.24. The lowest BCUT2D eigenvalue weighted by atomic mass is 9.46. The Morgan fingerprint density at radius 1 is 1.00 bits per heavy atom. The SMILES string of the molecule is C[C@]12CCC(=O)C(O)=C1CC[C@@H]1[C@@H]2CC[C@@]2(C)[C@H]1CC[C@@]2(O)C(F)(F)F. The number of allylic oxidation sites excluding steroid dienone is 1. The number of fused-ring (bicyclic) bond motifs is 5. The minimum atomic E-state index is -4.61. The molecule has 0 unspecified atom stereocenters. The third-order valence-corrected chi connectivity index (χ3v) is 8.71. The van der Waals surface area contributed by atoms with Gasteiger partial charge in [-0.1, -0.05) is 13.8 Å². The summed E-state index contributed by atoms with van der Waals surface area (Å²) in [4.78, 5) is 11.9. The van der Waals surface area contributed by atoms with Crippen molar-refractivity contribution in [3.63, 3.8) is 0 Å². The van der Waals surface area contributed by atoms with Crippen molar-refractivity contribution in [2.24, 2.45) is 28.6 Å². The lowest BCUT2D eigenvalue weighted by Gasteiger charge is -2.59. The highest BCUT2D eigenvalue weighted by Crippen LogP contribution is 2.69. The van der Waals surface area contributed by atoms with Crippen molar-refractivity contribution < 1.29 is 28.2 Å². The average Bonchev–Trinajstić information content (AvgIpc) is 2.84. The molecule has 3 saturated carbocycles. The van der Waals surface area contributed by atoms with E-state index < -0.39 is 17.2 Å². The fourth-order valence-electron chi connectivity index (χ4n) is 7.17. The largest absolute Gasteiger partial charge is 0.504 e. The fourth-order valence-corrected chi connectivity index (χ4v) is 7.17. The van der Waals surface area contributed by atoms with Gasteiger partial charge in [-0.15, -0.1) is 0 Å². The van der Waals surface area contributed by atoms with Crippen molar-refractivity contribution in [2.45, 2.75) is 77.0 Å². The first kappa shape index (κ1) is 18.3. The van der Waals surface area contributed by atoms with Gasteiger partial charge in [-0.3, -0.25) is 4.79 Å². The molecule has 0 aromatic rings. The number of ketones is 1. The van der Waals surface area contributed by atoms with Crippen LogP contribution in [0.25, 0.3) is 0 Å². The van der Waals surface area contributed by atoms with Crippen LogP contribution in [0, 0.1) is 28.6 Å². The van der Waals surface area contributed by atoms with Gasteiger partial charge in [0.25, 0.3) is 0 Å². The molecule has 0 aromatic heterocycles. The van der Waals surface area contributed by atoms with E-state index in [4.69, 9.17) is 0 Å². The number of halogens is 3. The molecule has 2 N–H and O–H groups in total. The van der Waals surface area contributed by atoms with E-state index in [1.807, 2.05) is 0 Å². The Kier molecular flexibility index (Phi) is 3.71. The molecular weight excluding hydrogens is 345 g/mol. The van der Waals surface area contributed by atoms with Crippen molar-refractivity contribution in [1.29, 1.82) is 0 Å². The zero-order chi connectivity index (χ0) is 19.1. The van der Waals surface area contributed by atoms with Crippen molar-refractivity contribution in [3.05, 3.63) is 11.3 Å². The maximum atomic E-state index is 13.7. The summed E-state index contributed by atoms with van der Waals surface area (Å²) in [6.45, 7) is 3.71. The van der Waals surface area contributed by atoms with Crippen LogP contribution in [-0.2, 0) is 4.79 Å². The minimum absolute atomic E-state index is 0.0937. The Hall–Kier alpha value is -1.04. The van der Waals surface area contributed by atoms with Crippen molar-refractivity contribution in [1.82, 2.24) is 0 Å². The third kappa shape index (κ3) is 2.02. The fraction of sp³-hybridized carbons (Fsp3) is 0.850. The van der Waals surface area contributed by atoms with Crippen LogP contribution in [0.4, 0.5) is 13.2 Å². The predicted molar refractivity (Wildman–Crippen MR) is 89.3 cm³/mol. The first-order valence-corrected chi connectivity index (χ1v) is 9.70. The van der Waals surface area contributed by atoms with E-state index in [1.165, 1.54) is 0 Å². The van der Waals surface area contributed by atoms with Gasteiger partial charge in [0.15, 0.2) is 17.1 Å². The summed E-state index contributed by atoms with van der Waals surface area (Å²) < 4.78 is 41.1. The molecule has 3 nitrogen and oxygen atoms in total. The topological polar surface area (TPSA) is 57.5 Å². The molecule has 26 heavy (non-hydrogen) atoms. The van der Waals surface area contributed by atoms with Gasteiger partial charge in [0.2, 0.25) is 0 Å². The lowest BCUT2D eigenvalue weighted by Crippen LogP contribution is -2.60. The standard InChI is InChI=1S/C20H27F3O3/c1-17-8-7-15(24)16(25)14(17)4-3-11-12(17)5-9-18(2)13(11)6-10-19(18,26)20(21,22)23/h11-13,25-26H,3-10H2,1-2H3/t11-,12+,13+,17-,18+,19+/m1/s1. The number of rotatable bonds is 0. The van der Waals surface area contributed by atoms with E-state index in [1.54, 1.807) is 6.92 Å². The van der Waals surface area contributed by atoms with Gasteiger partial charge >= 0.3 is 6.18 Å². The zero-order valence-corrected chi connectivity index (χ0v) is 15.3. The lowest BCUT2D eigenvalue weighted by molar-refractivity contribution is -0.303.